The van der Waals surface area contributed by atoms with Crippen LogP contribution in [0.3, 0.4) is 0 Å². The number of carboxylic acid groups (broad SMARTS) is 1. The van der Waals surface area contributed by atoms with Crippen LogP contribution < -0.4 is 15.7 Å². The Morgan fingerprint density at radius 2 is 1.61 bits per heavy atom. The van der Waals surface area contributed by atoms with E-state index in [9.17, 15) is 19.5 Å². The Morgan fingerprint density at radius 3 is 2.22 bits per heavy atom. The molecule has 0 fully saturated rings. The summed E-state index contributed by atoms with van der Waals surface area (Å²) in [5.74, 6) is -1.93. The van der Waals surface area contributed by atoms with Crippen LogP contribution >= 0.6 is 0 Å². The standard InChI is InChI=1S/C17H16N2O4/c1-2-15(20)18-12-9-7-11(8-10-12)16(21)19-14-6-4-3-5-13(14)17(22)23/h3-10H,2H2,1H3,(H,18,20)(H,19,21)(H,22,23)/p-1. The predicted octanol–water partition coefficient (Wildman–Crippen LogP) is 1.65. The molecule has 0 aliphatic rings. The van der Waals surface area contributed by atoms with E-state index >= 15 is 0 Å². The predicted molar refractivity (Wildman–Crippen MR) is 84.1 cm³/mol. The number of nitrogens with one attached hydrogen (secondary N) is 2. The van der Waals surface area contributed by atoms with Gasteiger partial charge in [0, 0.05) is 23.2 Å². The molecule has 2 rings (SSSR count). The number of hydrogen-bond donors (Lipinski definition) is 2. The summed E-state index contributed by atoms with van der Waals surface area (Å²) in [7, 11) is 0. The molecular weight excluding hydrogens is 296 g/mol. The number of carbonyl (C=O) groups is 3. The summed E-state index contributed by atoms with van der Waals surface area (Å²) >= 11 is 0. The Hall–Kier alpha value is -3.15. The molecule has 6 heteroatoms. The zero-order valence-corrected chi connectivity index (χ0v) is 12.5. The van der Waals surface area contributed by atoms with Crippen LogP contribution in [0, 0.1) is 0 Å². The highest BCUT2D eigenvalue weighted by atomic mass is 16.4. The quantitative estimate of drug-likeness (QED) is 0.877. The van der Waals surface area contributed by atoms with Gasteiger partial charge in [-0.25, -0.2) is 0 Å². The Bertz CT molecular complexity index is 739. The van der Waals surface area contributed by atoms with Gasteiger partial charge in [0.1, 0.15) is 0 Å². The summed E-state index contributed by atoms with van der Waals surface area (Å²) in [5.41, 5.74) is 1.00. The minimum Gasteiger partial charge on any atom is -0.545 e. The number of carboxylic acids is 1. The van der Waals surface area contributed by atoms with E-state index in [1.807, 2.05) is 0 Å². The first-order valence-electron chi connectivity index (χ1n) is 7.03. The lowest BCUT2D eigenvalue weighted by atomic mass is 10.1. The van der Waals surface area contributed by atoms with Gasteiger partial charge in [-0.3, -0.25) is 9.59 Å². The van der Waals surface area contributed by atoms with Crippen LogP contribution in [0.4, 0.5) is 11.4 Å². The van der Waals surface area contributed by atoms with Gasteiger partial charge in [-0.15, -0.1) is 0 Å². The SMILES string of the molecule is CCC(=O)Nc1ccc(C(=O)Nc2ccccc2C(=O)[O-])cc1. The van der Waals surface area contributed by atoms with Crippen LogP contribution in [0.1, 0.15) is 34.1 Å². The van der Waals surface area contributed by atoms with Crippen LogP contribution in [0.15, 0.2) is 48.5 Å². The van der Waals surface area contributed by atoms with Crippen molar-refractivity contribution in [2.45, 2.75) is 13.3 Å². The summed E-state index contributed by atoms with van der Waals surface area (Å²) in [6.45, 7) is 1.74. The van der Waals surface area contributed by atoms with E-state index in [1.165, 1.54) is 12.1 Å². The highest BCUT2D eigenvalue weighted by molar-refractivity contribution is 6.07. The third kappa shape index (κ3) is 4.16. The number of aromatic carboxylic acids is 1. The maximum Gasteiger partial charge on any atom is 0.255 e. The second-order valence-electron chi connectivity index (χ2n) is 4.77. The molecule has 6 nitrogen and oxygen atoms in total. The summed E-state index contributed by atoms with van der Waals surface area (Å²) < 4.78 is 0. The van der Waals surface area contributed by atoms with E-state index in [-0.39, 0.29) is 17.2 Å². The van der Waals surface area contributed by atoms with Gasteiger partial charge in [0.15, 0.2) is 0 Å². The molecule has 118 valence electrons. The molecule has 0 aliphatic carbocycles. The number of amides is 2. The molecule has 0 unspecified atom stereocenters. The Morgan fingerprint density at radius 1 is 0.957 bits per heavy atom. The van der Waals surface area contributed by atoms with Crippen LogP contribution in [-0.2, 0) is 4.79 Å². The highest BCUT2D eigenvalue weighted by Crippen LogP contribution is 2.16. The molecule has 2 amide bonds. The molecule has 0 spiro atoms. The number of rotatable bonds is 5. The van der Waals surface area contributed by atoms with E-state index in [2.05, 4.69) is 10.6 Å². The minimum atomic E-state index is -1.36. The van der Waals surface area contributed by atoms with Gasteiger partial charge in [0.05, 0.1) is 11.7 Å². The zero-order chi connectivity index (χ0) is 16.8. The zero-order valence-electron chi connectivity index (χ0n) is 12.5. The van der Waals surface area contributed by atoms with Gasteiger partial charge in [-0.05, 0) is 30.3 Å². The second-order valence-corrected chi connectivity index (χ2v) is 4.77. The Kier molecular flexibility index (Phi) is 5.09. The minimum absolute atomic E-state index is 0.0901. The molecule has 0 atom stereocenters. The summed E-state index contributed by atoms with van der Waals surface area (Å²) in [5, 5.41) is 16.2. The van der Waals surface area contributed by atoms with E-state index < -0.39 is 11.9 Å². The van der Waals surface area contributed by atoms with Gasteiger partial charge < -0.3 is 20.5 Å². The first-order valence-corrected chi connectivity index (χ1v) is 7.03. The van der Waals surface area contributed by atoms with Crippen molar-refractivity contribution in [3.8, 4) is 0 Å². The summed E-state index contributed by atoms with van der Waals surface area (Å²) in [4.78, 5) is 34.5. The molecule has 23 heavy (non-hydrogen) atoms. The van der Waals surface area contributed by atoms with E-state index in [1.54, 1.807) is 43.3 Å². The van der Waals surface area contributed by atoms with E-state index in [0.29, 0.717) is 17.7 Å². The lowest BCUT2D eigenvalue weighted by molar-refractivity contribution is -0.254. The maximum atomic E-state index is 12.2. The molecule has 0 aromatic heterocycles. The molecule has 0 heterocycles. The van der Waals surface area contributed by atoms with E-state index in [0.717, 1.165) is 0 Å². The van der Waals surface area contributed by atoms with Crippen LogP contribution in [0.5, 0.6) is 0 Å². The fourth-order valence-electron chi connectivity index (χ4n) is 1.92. The van der Waals surface area contributed by atoms with Crippen molar-refractivity contribution in [1.82, 2.24) is 0 Å². The van der Waals surface area contributed by atoms with Crippen LogP contribution in [0.25, 0.3) is 0 Å². The lowest BCUT2D eigenvalue weighted by Crippen LogP contribution is -2.24. The van der Waals surface area contributed by atoms with Crippen molar-refractivity contribution in [2.75, 3.05) is 10.6 Å². The summed E-state index contributed by atoms with van der Waals surface area (Å²) in [6, 6.07) is 12.3. The molecule has 2 N–H and O–H groups in total. The first-order chi connectivity index (χ1) is 11.0. The highest BCUT2D eigenvalue weighted by Gasteiger charge is 2.09. The fraction of sp³-hybridized carbons (Fsp3) is 0.118. The van der Waals surface area contributed by atoms with Crippen molar-refractivity contribution < 1.29 is 19.5 Å². The smallest absolute Gasteiger partial charge is 0.255 e. The molecule has 0 aliphatic heterocycles. The third-order valence-electron chi connectivity index (χ3n) is 3.15. The number of para-hydroxylation sites is 1. The van der Waals surface area contributed by atoms with Gasteiger partial charge in [-0.2, -0.15) is 0 Å². The second kappa shape index (κ2) is 7.22. The maximum absolute atomic E-state index is 12.2. The monoisotopic (exact) mass is 311 g/mol. The molecule has 0 saturated carbocycles. The van der Waals surface area contributed by atoms with Gasteiger partial charge >= 0.3 is 0 Å². The van der Waals surface area contributed by atoms with Crippen molar-refractivity contribution in [2.24, 2.45) is 0 Å². The van der Waals surface area contributed by atoms with E-state index in [4.69, 9.17) is 0 Å². The van der Waals surface area contributed by atoms with Crippen LogP contribution in [0.2, 0.25) is 0 Å². The van der Waals surface area contributed by atoms with Crippen molar-refractivity contribution in [3.05, 3.63) is 59.7 Å². The van der Waals surface area contributed by atoms with Crippen molar-refractivity contribution in [3.63, 3.8) is 0 Å². The van der Waals surface area contributed by atoms with Gasteiger partial charge in [0.25, 0.3) is 5.91 Å². The third-order valence-corrected chi connectivity index (χ3v) is 3.15. The first kappa shape index (κ1) is 16.2. The summed E-state index contributed by atoms with van der Waals surface area (Å²) in [6.07, 6.45) is 0.363. The molecule has 2 aromatic rings. The Balaban J connectivity index is 2.12. The number of carbonyl (C=O) groups excluding carboxylic acids is 3. The number of hydrogen-bond acceptors (Lipinski definition) is 4. The number of anilines is 2. The topological polar surface area (TPSA) is 98.3 Å². The van der Waals surface area contributed by atoms with Crippen LogP contribution in [-0.4, -0.2) is 17.8 Å². The molecule has 0 saturated heterocycles. The molecule has 0 radical (unpaired) electrons. The van der Waals surface area contributed by atoms with Gasteiger partial charge in [0.2, 0.25) is 5.91 Å². The fourth-order valence-corrected chi connectivity index (χ4v) is 1.92. The molecule has 2 aromatic carbocycles. The molecule has 0 bridgehead atoms. The average Bonchev–Trinajstić information content (AvgIpc) is 2.55. The lowest BCUT2D eigenvalue weighted by Gasteiger charge is -2.12. The normalized spacial score (nSPS) is 9.96. The average molecular weight is 311 g/mol. The molecular formula is C17H15N2O4-. The van der Waals surface area contributed by atoms with Gasteiger partial charge in [-0.1, -0.05) is 25.1 Å². The Labute approximate surface area is 133 Å². The van der Waals surface area contributed by atoms with Crippen molar-refractivity contribution >= 4 is 29.2 Å². The van der Waals surface area contributed by atoms with Crippen molar-refractivity contribution in [1.29, 1.82) is 0 Å². The number of benzene rings is 2. The largest absolute Gasteiger partial charge is 0.545 e.